The minimum absolute atomic E-state index is 0.0544. The van der Waals surface area contributed by atoms with Gasteiger partial charge in [0.1, 0.15) is 0 Å². The Kier molecular flexibility index (Phi) is 9.64. The summed E-state index contributed by atoms with van der Waals surface area (Å²) in [5.74, 6) is 4.19. The van der Waals surface area contributed by atoms with E-state index in [-0.39, 0.29) is 5.97 Å². The molecule has 10 atom stereocenters. The number of ether oxygens (including phenoxy) is 1. The van der Waals surface area contributed by atoms with Gasteiger partial charge in [0.25, 0.3) is 0 Å². The normalized spacial score (nSPS) is 41.3. The van der Waals surface area contributed by atoms with Crippen molar-refractivity contribution < 1.29 is 18.4 Å². The second kappa shape index (κ2) is 11.8. The predicted octanol–water partition coefficient (Wildman–Crippen LogP) is 9.06. The molecule has 4 aliphatic carbocycles. The first-order chi connectivity index (χ1) is 18.2. The van der Waals surface area contributed by atoms with E-state index < -0.39 is 16.6 Å². The average Bonchev–Trinajstić information content (AvgIpc) is 3.24. The Morgan fingerprint density at radius 3 is 2.13 bits per heavy atom. The van der Waals surface area contributed by atoms with Crippen LogP contribution in [0.3, 0.4) is 0 Å². The number of carbonyl (C=O) groups excluding carboxylic acids is 1. The molecule has 0 bridgehead atoms. The maximum atomic E-state index is 11.9. The van der Waals surface area contributed by atoms with Crippen molar-refractivity contribution in [1.29, 1.82) is 0 Å². The lowest BCUT2D eigenvalue weighted by Crippen LogP contribution is -2.60. The number of hydrogen-bond donors (Lipinski definition) is 0. The summed E-state index contributed by atoms with van der Waals surface area (Å²) in [6.07, 6.45) is 12.9. The summed E-state index contributed by atoms with van der Waals surface area (Å²) >= 11 is 0. The second-order valence-corrected chi connectivity index (χ2v) is 24.9. The average molecular weight is 579 g/mol. The molecule has 4 rings (SSSR count). The van der Waals surface area contributed by atoms with Crippen molar-refractivity contribution in [2.75, 3.05) is 7.11 Å². The third-order valence-electron chi connectivity index (χ3n) is 13.1. The molecule has 0 unspecified atom stereocenters. The van der Waals surface area contributed by atoms with Crippen LogP contribution in [0.2, 0.25) is 38.3 Å². The monoisotopic (exact) mass is 578 g/mol. The molecule has 0 N–H and O–H groups in total. The Hall–Kier alpha value is -0.176. The van der Waals surface area contributed by atoms with Crippen LogP contribution in [0.25, 0.3) is 0 Å². The first-order valence-corrected chi connectivity index (χ1v) is 22.8. The van der Waals surface area contributed by atoms with E-state index >= 15 is 0 Å². The van der Waals surface area contributed by atoms with Gasteiger partial charge in [-0.2, -0.15) is 0 Å². The summed E-state index contributed by atoms with van der Waals surface area (Å²) in [5.41, 5.74) is 0.798. The number of esters is 1. The molecule has 0 saturated heterocycles. The molecule has 4 nitrogen and oxygen atoms in total. The van der Waals surface area contributed by atoms with Crippen molar-refractivity contribution in [3.63, 3.8) is 0 Å². The van der Waals surface area contributed by atoms with E-state index in [9.17, 15) is 4.79 Å². The highest BCUT2D eigenvalue weighted by Gasteiger charge is 2.63. The van der Waals surface area contributed by atoms with E-state index in [1.165, 1.54) is 70.6 Å². The summed E-state index contributed by atoms with van der Waals surface area (Å²) in [6.45, 7) is 22.1. The summed E-state index contributed by atoms with van der Waals surface area (Å²) in [4.78, 5) is 11.9. The van der Waals surface area contributed by atoms with Gasteiger partial charge < -0.3 is 13.6 Å². The van der Waals surface area contributed by atoms with E-state index in [0.717, 1.165) is 24.2 Å². The molecule has 0 aromatic rings. The van der Waals surface area contributed by atoms with Gasteiger partial charge in [0.2, 0.25) is 0 Å². The Balaban J connectivity index is 1.59. The van der Waals surface area contributed by atoms with E-state index in [1.54, 1.807) is 0 Å². The molecular formula is C33H62O4Si2. The number of hydrogen-bond acceptors (Lipinski definition) is 4. The number of fused-ring (bicyclic) bond motifs is 5. The van der Waals surface area contributed by atoms with Crippen molar-refractivity contribution in [2.24, 2.45) is 46.3 Å². The van der Waals surface area contributed by atoms with E-state index in [1.807, 2.05) is 0 Å². The van der Waals surface area contributed by atoms with Crippen LogP contribution in [0.1, 0.15) is 98.8 Å². The molecule has 4 saturated carbocycles. The molecular weight excluding hydrogens is 517 g/mol. The number of carbonyl (C=O) groups is 1. The van der Waals surface area contributed by atoms with Crippen LogP contribution >= 0.6 is 0 Å². The second-order valence-electron chi connectivity index (χ2n) is 15.9. The Labute approximate surface area is 243 Å². The minimum Gasteiger partial charge on any atom is -0.469 e. The summed E-state index contributed by atoms with van der Waals surface area (Å²) in [6, 6.07) is 2.40. The van der Waals surface area contributed by atoms with Gasteiger partial charge in [-0.1, -0.05) is 34.6 Å². The number of methoxy groups -OCH3 is 1. The Morgan fingerprint density at radius 2 is 1.49 bits per heavy atom. The van der Waals surface area contributed by atoms with Crippen LogP contribution in [0, 0.1) is 46.3 Å². The third kappa shape index (κ3) is 6.29. The van der Waals surface area contributed by atoms with E-state index in [2.05, 4.69) is 60.8 Å². The van der Waals surface area contributed by atoms with Gasteiger partial charge in [0, 0.05) is 18.6 Å². The van der Waals surface area contributed by atoms with Crippen molar-refractivity contribution >= 4 is 22.6 Å². The summed E-state index contributed by atoms with van der Waals surface area (Å²) in [7, 11) is -1.73. The summed E-state index contributed by atoms with van der Waals surface area (Å²) < 4.78 is 19.2. The zero-order chi connectivity index (χ0) is 28.8. The zero-order valence-electron chi connectivity index (χ0n) is 27.2. The zero-order valence-corrected chi connectivity index (χ0v) is 29.2. The molecule has 0 amide bonds. The molecule has 4 fully saturated rings. The number of rotatable bonds is 10. The Bertz CT molecular complexity index is 861. The SMILES string of the molecule is CC[Si](C)(C)O[C@H]1CC[C@@]2(C)[C@@H](C1)C[C@@H](O[Si](C)(C)CC)[C@@H]1[C@@H]2CC[C@]2(C)[C@@H]([C@H](C)CCC(=O)OC)CC[C@@H]12. The highest BCUT2D eigenvalue weighted by Crippen LogP contribution is 2.69. The van der Waals surface area contributed by atoms with Crippen LogP contribution in [0.15, 0.2) is 0 Å². The van der Waals surface area contributed by atoms with Crippen LogP contribution in [-0.2, 0) is 18.4 Å². The van der Waals surface area contributed by atoms with Gasteiger partial charge in [-0.05, 0) is 142 Å². The topological polar surface area (TPSA) is 44.8 Å². The van der Waals surface area contributed by atoms with Crippen molar-refractivity contribution in [3.8, 4) is 0 Å². The lowest BCUT2D eigenvalue weighted by Gasteiger charge is -2.64. The smallest absolute Gasteiger partial charge is 0.305 e. The predicted molar refractivity (Wildman–Crippen MR) is 167 cm³/mol. The van der Waals surface area contributed by atoms with Gasteiger partial charge in [-0.15, -0.1) is 0 Å². The third-order valence-corrected chi connectivity index (χ3v) is 18.4. The standard InChI is InChI=1S/C33H62O4Si2/c1-11-38(7,8)36-25-17-19-32(4)24(21-25)22-29(37-39(9,10)12-2)31-27-15-14-26(23(3)13-16-30(34)35-6)33(27,5)20-18-28(31)32/h23-29,31H,11-22H2,1-10H3/t23-,24+,25+,26-,27+,28+,29-,31+,32+,33-/m1/s1. The summed E-state index contributed by atoms with van der Waals surface area (Å²) in [5, 5.41) is 0. The lowest BCUT2D eigenvalue weighted by atomic mass is 9.43. The maximum absolute atomic E-state index is 11.9. The minimum atomic E-state index is -1.70. The molecule has 39 heavy (non-hydrogen) atoms. The molecule has 0 radical (unpaired) electrons. The van der Waals surface area contributed by atoms with E-state index in [4.69, 9.17) is 13.6 Å². The Morgan fingerprint density at radius 1 is 0.872 bits per heavy atom. The van der Waals surface area contributed by atoms with Gasteiger partial charge in [-0.3, -0.25) is 4.79 Å². The fourth-order valence-electron chi connectivity index (χ4n) is 10.0. The fraction of sp³-hybridized carbons (Fsp3) is 0.970. The fourth-order valence-corrected chi connectivity index (χ4v) is 12.6. The van der Waals surface area contributed by atoms with Crippen molar-refractivity contribution in [2.45, 2.75) is 149 Å². The van der Waals surface area contributed by atoms with Crippen LogP contribution in [-0.4, -0.2) is 41.9 Å². The van der Waals surface area contributed by atoms with Gasteiger partial charge in [0.15, 0.2) is 16.6 Å². The van der Waals surface area contributed by atoms with E-state index in [0.29, 0.717) is 47.2 Å². The van der Waals surface area contributed by atoms with Crippen LogP contribution in [0.4, 0.5) is 0 Å². The quantitative estimate of drug-likeness (QED) is 0.192. The molecule has 226 valence electrons. The lowest BCUT2D eigenvalue weighted by molar-refractivity contribution is -0.169. The maximum Gasteiger partial charge on any atom is 0.305 e. The van der Waals surface area contributed by atoms with Crippen molar-refractivity contribution in [1.82, 2.24) is 0 Å². The largest absolute Gasteiger partial charge is 0.469 e. The molecule has 6 heteroatoms. The highest BCUT2D eigenvalue weighted by molar-refractivity contribution is 6.71. The van der Waals surface area contributed by atoms with Crippen LogP contribution in [0.5, 0.6) is 0 Å². The molecule has 0 heterocycles. The molecule has 4 aliphatic rings. The van der Waals surface area contributed by atoms with Gasteiger partial charge >= 0.3 is 5.97 Å². The van der Waals surface area contributed by atoms with Gasteiger partial charge in [-0.25, -0.2) is 0 Å². The first-order valence-electron chi connectivity index (χ1n) is 16.6. The van der Waals surface area contributed by atoms with Crippen LogP contribution < -0.4 is 0 Å². The molecule has 0 spiro atoms. The molecule has 0 aromatic carbocycles. The first kappa shape index (κ1) is 31.8. The highest BCUT2D eigenvalue weighted by atomic mass is 28.4. The molecule has 0 aromatic heterocycles. The van der Waals surface area contributed by atoms with Crippen molar-refractivity contribution in [3.05, 3.63) is 0 Å². The van der Waals surface area contributed by atoms with Gasteiger partial charge in [0.05, 0.1) is 7.11 Å². The molecule has 0 aliphatic heterocycles.